The fraction of sp³-hybridized carbons (Fsp3) is 0.875. The number of nitrogens with zero attached hydrogens (tertiary/aromatic N) is 3. The summed E-state index contributed by atoms with van der Waals surface area (Å²) >= 11 is 0. The lowest BCUT2D eigenvalue weighted by molar-refractivity contribution is -0.137. The summed E-state index contributed by atoms with van der Waals surface area (Å²) in [7, 11) is 5.96. The average Bonchev–Trinajstić information content (AvgIpc) is 2.86. The fourth-order valence-corrected chi connectivity index (χ4v) is 3.45. The second kappa shape index (κ2) is 11.1. The van der Waals surface area contributed by atoms with Gasteiger partial charge in [0.05, 0.1) is 5.92 Å². The van der Waals surface area contributed by atoms with E-state index in [-0.39, 0.29) is 42.5 Å². The summed E-state index contributed by atoms with van der Waals surface area (Å²) in [6.45, 7) is 4.81. The second-order valence-electron chi connectivity index (χ2n) is 6.89. The van der Waals surface area contributed by atoms with Gasteiger partial charge in [-0.2, -0.15) is 0 Å². The van der Waals surface area contributed by atoms with Crippen LogP contribution in [-0.2, 0) is 9.59 Å². The molecule has 2 aliphatic rings. The number of rotatable bonds is 6. The maximum Gasteiger partial charge on any atom is 0.228 e. The molecule has 2 heterocycles. The van der Waals surface area contributed by atoms with Crippen molar-refractivity contribution in [3.05, 3.63) is 0 Å². The van der Waals surface area contributed by atoms with Crippen molar-refractivity contribution < 1.29 is 9.59 Å². The lowest BCUT2D eigenvalue weighted by Crippen LogP contribution is -2.45. The third kappa shape index (κ3) is 6.39. The van der Waals surface area contributed by atoms with Gasteiger partial charge < -0.3 is 20.0 Å². The Morgan fingerprint density at radius 3 is 2.62 bits per heavy atom. The predicted molar refractivity (Wildman–Crippen MR) is 101 cm³/mol. The number of piperidine rings is 1. The minimum Gasteiger partial charge on any atom is -0.342 e. The van der Waals surface area contributed by atoms with Crippen molar-refractivity contribution in [3.63, 3.8) is 0 Å². The SMILES string of the molecule is CNCC1CCCN(C(=O)C2CC(=O)N(CCN(C)C)C2)C1.Cl.Cl. The number of nitrogens with one attached hydrogen (secondary N) is 1. The highest BCUT2D eigenvalue weighted by Gasteiger charge is 2.37. The van der Waals surface area contributed by atoms with Gasteiger partial charge in [-0.3, -0.25) is 9.59 Å². The number of amides is 2. The van der Waals surface area contributed by atoms with Gasteiger partial charge in [0.1, 0.15) is 0 Å². The van der Waals surface area contributed by atoms with Crippen LogP contribution < -0.4 is 5.32 Å². The van der Waals surface area contributed by atoms with Crippen LogP contribution in [0.2, 0.25) is 0 Å². The van der Waals surface area contributed by atoms with E-state index in [0.717, 1.165) is 39.1 Å². The Morgan fingerprint density at radius 2 is 2.00 bits per heavy atom. The smallest absolute Gasteiger partial charge is 0.228 e. The van der Waals surface area contributed by atoms with Crippen LogP contribution in [-0.4, -0.2) is 86.9 Å². The zero-order chi connectivity index (χ0) is 16.1. The quantitative estimate of drug-likeness (QED) is 0.734. The van der Waals surface area contributed by atoms with E-state index in [1.54, 1.807) is 0 Å². The van der Waals surface area contributed by atoms with Crippen molar-refractivity contribution in [2.24, 2.45) is 11.8 Å². The topological polar surface area (TPSA) is 55.9 Å². The molecule has 0 aromatic rings. The Kier molecular flexibility index (Phi) is 10.9. The van der Waals surface area contributed by atoms with E-state index in [1.807, 2.05) is 30.9 Å². The number of halogens is 2. The van der Waals surface area contributed by atoms with E-state index in [9.17, 15) is 9.59 Å². The van der Waals surface area contributed by atoms with E-state index in [4.69, 9.17) is 0 Å². The molecule has 0 aliphatic carbocycles. The fourth-order valence-electron chi connectivity index (χ4n) is 3.45. The average molecular weight is 383 g/mol. The van der Waals surface area contributed by atoms with Crippen LogP contribution in [0.5, 0.6) is 0 Å². The normalized spacial score (nSPS) is 23.9. The zero-order valence-corrected chi connectivity index (χ0v) is 16.6. The first-order chi connectivity index (χ1) is 10.5. The van der Waals surface area contributed by atoms with Crippen molar-refractivity contribution in [3.8, 4) is 0 Å². The monoisotopic (exact) mass is 382 g/mol. The molecular weight excluding hydrogens is 351 g/mol. The lowest BCUT2D eigenvalue weighted by Gasteiger charge is -2.34. The summed E-state index contributed by atoms with van der Waals surface area (Å²) in [5, 5.41) is 3.20. The molecule has 0 aromatic carbocycles. The highest BCUT2D eigenvalue weighted by molar-refractivity contribution is 5.89. The van der Waals surface area contributed by atoms with Crippen molar-refractivity contribution >= 4 is 36.6 Å². The first kappa shape index (κ1) is 23.4. The summed E-state index contributed by atoms with van der Waals surface area (Å²) in [4.78, 5) is 30.7. The summed E-state index contributed by atoms with van der Waals surface area (Å²) in [5.41, 5.74) is 0. The van der Waals surface area contributed by atoms with Gasteiger partial charge in [-0.15, -0.1) is 24.8 Å². The van der Waals surface area contributed by atoms with E-state index >= 15 is 0 Å². The van der Waals surface area contributed by atoms with Crippen molar-refractivity contribution in [1.29, 1.82) is 0 Å². The molecule has 0 aromatic heterocycles. The summed E-state index contributed by atoms with van der Waals surface area (Å²) in [6.07, 6.45) is 2.64. The maximum atomic E-state index is 12.7. The molecule has 2 amide bonds. The third-order valence-electron chi connectivity index (χ3n) is 4.70. The minimum atomic E-state index is -0.136. The van der Waals surface area contributed by atoms with Gasteiger partial charge in [0.2, 0.25) is 11.8 Å². The van der Waals surface area contributed by atoms with Crippen LogP contribution in [0.1, 0.15) is 19.3 Å². The number of likely N-dealkylation sites (tertiary alicyclic amines) is 2. The number of carbonyl (C=O) groups excluding carboxylic acids is 2. The molecule has 142 valence electrons. The molecule has 2 unspecified atom stereocenters. The van der Waals surface area contributed by atoms with Gasteiger partial charge in [-0.25, -0.2) is 0 Å². The molecule has 24 heavy (non-hydrogen) atoms. The Labute approximate surface area is 158 Å². The molecule has 0 saturated carbocycles. The summed E-state index contributed by atoms with van der Waals surface area (Å²) < 4.78 is 0. The molecule has 2 saturated heterocycles. The van der Waals surface area contributed by atoms with Crippen LogP contribution >= 0.6 is 24.8 Å². The number of likely N-dealkylation sites (N-methyl/N-ethyl adjacent to an activating group) is 1. The standard InChI is InChI=1S/C16H30N4O2.2ClH/c1-17-10-13-5-4-6-20(11-13)16(22)14-9-15(21)19(12-14)8-7-18(2)3;;/h13-14,17H,4-12H2,1-3H3;2*1H. The van der Waals surface area contributed by atoms with Crippen LogP contribution in [0.4, 0.5) is 0 Å². The largest absolute Gasteiger partial charge is 0.342 e. The number of hydrogen-bond donors (Lipinski definition) is 1. The molecule has 1 N–H and O–H groups in total. The molecule has 0 spiro atoms. The Hall–Kier alpha value is -0.560. The lowest BCUT2D eigenvalue weighted by atomic mass is 9.96. The molecule has 2 aliphatic heterocycles. The van der Waals surface area contributed by atoms with Crippen molar-refractivity contribution in [2.45, 2.75) is 19.3 Å². The highest BCUT2D eigenvalue weighted by atomic mass is 35.5. The summed E-state index contributed by atoms with van der Waals surface area (Å²) in [6, 6.07) is 0. The molecule has 2 fully saturated rings. The van der Waals surface area contributed by atoms with Gasteiger partial charge in [0, 0.05) is 39.1 Å². The van der Waals surface area contributed by atoms with Gasteiger partial charge >= 0.3 is 0 Å². The molecular formula is C16H32Cl2N4O2. The molecule has 0 radical (unpaired) electrons. The molecule has 8 heteroatoms. The van der Waals surface area contributed by atoms with E-state index in [1.165, 1.54) is 6.42 Å². The van der Waals surface area contributed by atoms with Crippen LogP contribution in [0.3, 0.4) is 0 Å². The van der Waals surface area contributed by atoms with E-state index < -0.39 is 0 Å². The van der Waals surface area contributed by atoms with Gasteiger partial charge in [-0.1, -0.05) is 0 Å². The highest BCUT2D eigenvalue weighted by Crippen LogP contribution is 2.23. The Bertz CT molecular complexity index is 408. The maximum absolute atomic E-state index is 12.7. The number of hydrogen-bond acceptors (Lipinski definition) is 4. The Morgan fingerprint density at radius 1 is 1.29 bits per heavy atom. The predicted octanol–water partition coefficient (Wildman–Crippen LogP) is 0.698. The molecule has 2 rings (SSSR count). The second-order valence-corrected chi connectivity index (χ2v) is 6.89. The van der Waals surface area contributed by atoms with Crippen LogP contribution in [0.25, 0.3) is 0 Å². The Balaban J connectivity index is 0.00000264. The van der Waals surface area contributed by atoms with E-state index in [0.29, 0.717) is 18.9 Å². The van der Waals surface area contributed by atoms with Crippen LogP contribution in [0.15, 0.2) is 0 Å². The van der Waals surface area contributed by atoms with Crippen LogP contribution in [0, 0.1) is 11.8 Å². The minimum absolute atomic E-state index is 0. The molecule has 6 nitrogen and oxygen atoms in total. The van der Waals surface area contributed by atoms with Crippen molar-refractivity contribution in [2.75, 3.05) is 60.4 Å². The zero-order valence-electron chi connectivity index (χ0n) is 15.0. The van der Waals surface area contributed by atoms with Crippen molar-refractivity contribution in [1.82, 2.24) is 20.0 Å². The van der Waals surface area contributed by atoms with Gasteiger partial charge in [-0.05, 0) is 46.4 Å². The first-order valence-electron chi connectivity index (χ1n) is 8.37. The van der Waals surface area contributed by atoms with Gasteiger partial charge in [0.25, 0.3) is 0 Å². The van der Waals surface area contributed by atoms with E-state index in [2.05, 4.69) is 10.2 Å². The molecule has 2 atom stereocenters. The molecule has 0 bridgehead atoms. The number of carbonyl (C=O) groups is 2. The first-order valence-corrected chi connectivity index (χ1v) is 8.37. The summed E-state index contributed by atoms with van der Waals surface area (Å²) in [5.74, 6) is 0.720. The van der Waals surface area contributed by atoms with Gasteiger partial charge in [0.15, 0.2) is 0 Å². The third-order valence-corrected chi connectivity index (χ3v) is 4.70.